The van der Waals surface area contributed by atoms with E-state index < -0.39 is 18.0 Å². The summed E-state index contributed by atoms with van der Waals surface area (Å²) in [5, 5.41) is 4.83. The second-order valence-corrected chi connectivity index (χ2v) is 11.3. The zero-order chi connectivity index (χ0) is 29.4. The summed E-state index contributed by atoms with van der Waals surface area (Å²) in [7, 11) is 0. The van der Waals surface area contributed by atoms with Crippen molar-refractivity contribution in [2.45, 2.75) is 168 Å². The van der Waals surface area contributed by atoms with Crippen molar-refractivity contribution in [1.29, 1.82) is 0 Å². The molecule has 0 radical (unpaired) electrons. The number of amides is 2. The molecule has 0 aromatic carbocycles. The average Bonchev–Trinajstić information content (AvgIpc) is 2.95. The Labute approximate surface area is 246 Å². The van der Waals surface area contributed by atoms with Gasteiger partial charge >= 0.3 is 18.0 Å². The molecule has 2 amide bonds. The van der Waals surface area contributed by atoms with E-state index in [0.29, 0.717) is 13.2 Å². The number of ether oxygens (including phenoxy) is 2. The van der Waals surface area contributed by atoms with Crippen molar-refractivity contribution in [3.8, 4) is 0 Å². The van der Waals surface area contributed by atoms with Gasteiger partial charge in [-0.3, -0.25) is 9.59 Å². The van der Waals surface area contributed by atoms with Gasteiger partial charge in [0, 0.05) is 0 Å². The third kappa shape index (κ3) is 30.7. The van der Waals surface area contributed by atoms with Gasteiger partial charge in [-0.25, -0.2) is 4.79 Å². The summed E-state index contributed by atoms with van der Waals surface area (Å²) in [5.74, 6) is -0.933. The monoisotopic (exact) mass is 568 g/mol. The molecule has 0 saturated heterocycles. The van der Waals surface area contributed by atoms with E-state index in [1.54, 1.807) is 0 Å². The molecule has 0 bridgehead atoms. The summed E-state index contributed by atoms with van der Waals surface area (Å²) < 4.78 is 10.3. The lowest BCUT2D eigenvalue weighted by Crippen LogP contribution is -2.41. The van der Waals surface area contributed by atoms with Crippen LogP contribution >= 0.6 is 0 Å². The van der Waals surface area contributed by atoms with Gasteiger partial charge in [-0.2, -0.15) is 0 Å². The van der Waals surface area contributed by atoms with Gasteiger partial charge in [0.1, 0.15) is 13.1 Å². The van der Waals surface area contributed by atoms with Crippen LogP contribution in [-0.2, 0) is 19.1 Å². The van der Waals surface area contributed by atoms with E-state index in [1.165, 1.54) is 122 Å². The summed E-state index contributed by atoms with van der Waals surface area (Å²) in [5.41, 5.74) is 0. The minimum Gasteiger partial charge on any atom is -0.464 e. The number of nitrogens with one attached hydrogen (secondary N) is 2. The molecular weight excluding hydrogens is 504 g/mol. The highest BCUT2D eigenvalue weighted by molar-refractivity contribution is 5.83. The molecule has 0 rings (SSSR count). The fourth-order valence-corrected chi connectivity index (χ4v) is 4.73. The first kappa shape index (κ1) is 38.2. The molecule has 0 spiro atoms. The van der Waals surface area contributed by atoms with Crippen LogP contribution in [0.1, 0.15) is 168 Å². The maximum absolute atomic E-state index is 11.8. The molecule has 0 fully saturated rings. The third-order valence-electron chi connectivity index (χ3n) is 7.31. The summed E-state index contributed by atoms with van der Waals surface area (Å²) in [6.07, 6.45) is 30.3. The van der Waals surface area contributed by atoms with Crippen molar-refractivity contribution < 1.29 is 23.9 Å². The molecule has 0 heterocycles. The minimum atomic E-state index is -0.580. The largest absolute Gasteiger partial charge is 0.464 e. The number of rotatable bonds is 30. The second kappa shape index (κ2) is 31.7. The molecule has 0 unspecified atom stereocenters. The van der Waals surface area contributed by atoms with Crippen molar-refractivity contribution in [1.82, 2.24) is 10.6 Å². The van der Waals surface area contributed by atoms with Crippen molar-refractivity contribution in [3.05, 3.63) is 0 Å². The van der Waals surface area contributed by atoms with Gasteiger partial charge in [-0.05, 0) is 12.8 Å². The van der Waals surface area contributed by atoms with Gasteiger partial charge in [-0.1, -0.05) is 155 Å². The van der Waals surface area contributed by atoms with Gasteiger partial charge in [-0.15, -0.1) is 0 Å². The SMILES string of the molecule is CCCCCCCCCCCCCCCCCCOC(=O)CNC(=O)NCC(=O)OCCCCCCCCCC. The highest BCUT2D eigenvalue weighted by Gasteiger charge is 2.09. The van der Waals surface area contributed by atoms with Crippen LogP contribution in [0.3, 0.4) is 0 Å². The molecule has 2 N–H and O–H groups in total. The summed E-state index contributed by atoms with van der Waals surface area (Å²) in [4.78, 5) is 35.3. The van der Waals surface area contributed by atoms with Crippen LogP contribution in [-0.4, -0.2) is 44.3 Å². The molecule has 0 aliphatic carbocycles. The molecule has 0 saturated carbocycles. The van der Waals surface area contributed by atoms with E-state index in [-0.39, 0.29) is 13.1 Å². The van der Waals surface area contributed by atoms with Crippen LogP contribution in [0.4, 0.5) is 4.79 Å². The van der Waals surface area contributed by atoms with Crippen molar-refractivity contribution in [2.75, 3.05) is 26.3 Å². The molecule has 236 valence electrons. The van der Waals surface area contributed by atoms with E-state index in [9.17, 15) is 14.4 Å². The van der Waals surface area contributed by atoms with Gasteiger partial charge in [0.2, 0.25) is 0 Å². The van der Waals surface area contributed by atoms with E-state index in [0.717, 1.165) is 32.1 Å². The predicted octanol–water partition coefficient (Wildman–Crippen LogP) is 8.77. The first-order chi connectivity index (χ1) is 19.6. The maximum atomic E-state index is 11.8. The number of esters is 2. The molecule has 0 aromatic heterocycles. The Hall–Kier alpha value is -1.79. The minimum absolute atomic E-state index is 0.210. The smallest absolute Gasteiger partial charge is 0.325 e. The fourth-order valence-electron chi connectivity index (χ4n) is 4.73. The molecule has 0 atom stereocenters. The van der Waals surface area contributed by atoms with Crippen LogP contribution in [0.15, 0.2) is 0 Å². The molecule has 7 nitrogen and oxygen atoms in total. The fraction of sp³-hybridized carbons (Fsp3) is 0.909. The Kier molecular flexibility index (Phi) is 30.3. The maximum Gasteiger partial charge on any atom is 0.325 e. The van der Waals surface area contributed by atoms with Crippen molar-refractivity contribution >= 4 is 18.0 Å². The average molecular weight is 569 g/mol. The van der Waals surface area contributed by atoms with E-state index in [4.69, 9.17) is 9.47 Å². The number of hydrogen-bond donors (Lipinski definition) is 2. The number of hydrogen-bond acceptors (Lipinski definition) is 5. The quantitative estimate of drug-likeness (QED) is 0.0667. The first-order valence-corrected chi connectivity index (χ1v) is 16.9. The highest BCUT2D eigenvalue weighted by atomic mass is 16.5. The summed E-state index contributed by atoms with van der Waals surface area (Å²) >= 11 is 0. The lowest BCUT2D eigenvalue weighted by molar-refractivity contribution is -0.143. The normalized spacial score (nSPS) is 10.8. The Morgan fingerprint density at radius 2 is 0.650 bits per heavy atom. The molecule has 0 aliphatic rings. The third-order valence-corrected chi connectivity index (χ3v) is 7.31. The number of carbonyl (C=O) groups excluding carboxylic acids is 3. The molecular formula is C33H64N2O5. The van der Waals surface area contributed by atoms with E-state index >= 15 is 0 Å². The van der Waals surface area contributed by atoms with Gasteiger partial charge in [0.15, 0.2) is 0 Å². The zero-order valence-electron chi connectivity index (χ0n) is 26.3. The lowest BCUT2D eigenvalue weighted by Gasteiger charge is -2.08. The van der Waals surface area contributed by atoms with Gasteiger partial charge < -0.3 is 20.1 Å². The first-order valence-electron chi connectivity index (χ1n) is 16.9. The van der Waals surface area contributed by atoms with E-state index in [1.807, 2.05) is 0 Å². The van der Waals surface area contributed by atoms with Crippen LogP contribution < -0.4 is 10.6 Å². The Morgan fingerprint density at radius 3 is 0.925 bits per heavy atom. The zero-order valence-corrected chi connectivity index (χ0v) is 26.3. The number of urea groups is 1. The number of unbranched alkanes of at least 4 members (excludes halogenated alkanes) is 22. The topological polar surface area (TPSA) is 93.7 Å². The Balaban J connectivity index is 3.38. The second-order valence-electron chi connectivity index (χ2n) is 11.3. The van der Waals surface area contributed by atoms with Gasteiger partial charge in [0.25, 0.3) is 0 Å². The summed E-state index contributed by atoms with van der Waals surface area (Å²) in [6.45, 7) is 4.82. The highest BCUT2D eigenvalue weighted by Crippen LogP contribution is 2.14. The number of carbonyl (C=O) groups is 3. The van der Waals surface area contributed by atoms with Crippen LogP contribution in [0.25, 0.3) is 0 Å². The molecule has 7 heteroatoms. The standard InChI is InChI=1S/C33H64N2O5/c1-3-5-7-9-11-13-14-15-16-17-18-19-20-22-24-26-28-40-32(37)30-35-33(38)34-29-31(36)39-27-25-23-21-12-10-8-6-4-2/h3-30H2,1-2H3,(H2,34,35,38). The van der Waals surface area contributed by atoms with Crippen molar-refractivity contribution in [3.63, 3.8) is 0 Å². The lowest BCUT2D eigenvalue weighted by atomic mass is 10.0. The van der Waals surface area contributed by atoms with Crippen LogP contribution in [0.2, 0.25) is 0 Å². The summed E-state index contributed by atoms with van der Waals surface area (Å²) in [6, 6.07) is -0.580. The molecule has 0 aromatic rings. The predicted molar refractivity (Wildman–Crippen MR) is 165 cm³/mol. The van der Waals surface area contributed by atoms with Crippen LogP contribution in [0.5, 0.6) is 0 Å². The van der Waals surface area contributed by atoms with E-state index in [2.05, 4.69) is 24.5 Å². The molecule has 40 heavy (non-hydrogen) atoms. The Bertz CT molecular complexity index is 585. The molecule has 0 aliphatic heterocycles. The van der Waals surface area contributed by atoms with Gasteiger partial charge in [0.05, 0.1) is 13.2 Å². The van der Waals surface area contributed by atoms with Crippen LogP contribution in [0, 0.1) is 0 Å². The van der Waals surface area contributed by atoms with Crippen molar-refractivity contribution in [2.24, 2.45) is 0 Å². The Morgan fingerprint density at radius 1 is 0.400 bits per heavy atom.